The van der Waals surface area contributed by atoms with Gasteiger partial charge in [-0.25, -0.2) is 19.6 Å². The second kappa shape index (κ2) is 13.6. The molecule has 2 aliphatic heterocycles. The number of piperazine rings is 1. The van der Waals surface area contributed by atoms with Crippen molar-refractivity contribution in [1.29, 1.82) is 0 Å². The van der Waals surface area contributed by atoms with Gasteiger partial charge in [0.2, 0.25) is 5.95 Å². The monoisotopic (exact) mass is 630 g/mol. The Morgan fingerprint density at radius 1 is 1.00 bits per heavy atom. The zero-order chi connectivity index (χ0) is 32.2. The molecule has 5 rings (SSSR count). The van der Waals surface area contributed by atoms with Crippen molar-refractivity contribution in [2.75, 3.05) is 50.7 Å². The van der Waals surface area contributed by atoms with Crippen molar-refractivity contribution in [3.8, 4) is 5.75 Å². The number of carbonyl (C=O) groups is 1. The van der Waals surface area contributed by atoms with Gasteiger partial charge in [0, 0.05) is 62.4 Å². The minimum absolute atomic E-state index is 0.206. The summed E-state index contributed by atoms with van der Waals surface area (Å²) in [6.07, 6.45) is 2.60. The van der Waals surface area contributed by atoms with Crippen molar-refractivity contribution >= 4 is 29.3 Å². The van der Waals surface area contributed by atoms with Crippen molar-refractivity contribution in [3.63, 3.8) is 0 Å². The zero-order valence-electron chi connectivity index (χ0n) is 26.9. The standard InChI is InChI=1S/C35H43ClN6O3/c1-34(2,3)45-33(43)42-14-12-25(23-42)22-40-15-17-41(18-16-40)32-38-13-11-29(39-32)24-44-31-9-7-26(8-10-31)35(4,5)27-19-28(36)21-30(20-27)37-6/h7-11,13,19-21,25H,12,14-18,22-24H2,1-5H3. The summed E-state index contributed by atoms with van der Waals surface area (Å²) < 4.78 is 11.6. The number of hydrogen-bond acceptors (Lipinski definition) is 7. The van der Waals surface area contributed by atoms with E-state index in [1.54, 1.807) is 12.3 Å². The van der Waals surface area contributed by atoms with Crippen molar-refractivity contribution < 1.29 is 14.3 Å². The fraction of sp³-hybridized carbons (Fsp3) is 0.486. The van der Waals surface area contributed by atoms with Crippen LogP contribution in [-0.2, 0) is 16.8 Å². The summed E-state index contributed by atoms with van der Waals surface area (Å²) >= 11 is 6.28. The lowest BCUT2D eigenvalue weighted by molar-refractivity contribution is 0.0285. The predicted molar refractivity (Wildman–Crippen MR) is 177 cm³/mol. The number of halogens is 1. The van der Waals surface area contributed by atoms with Crippen LogP contribution in [0.3, 0.4) is 0 Å². The number of aromatic nitrogens is 2. The highest BCUT2D eigenvalue weighted by atomic mass is 35.5. The van der Waals surface area contributed by atoms with Crippen LogP contribution in [0.25, 0.3) is 4.85 Å². The Labute approximate surface area is 271 Å². The number of anilines is 1. The second-order valence-corrected chi connectivity index (χ2v) is 13.9. The third kappa shape index (κ3) is 8.44. The van der Waals surface area contributed by atoms with E-state index in [1.807, 2.05) is 56.0 Å². The molecule has 1 unspecified atom stereocenters. The SMILES string of the molecule is [C-]#[N+]c1cc(Cl)cc(C(C)(C)c2ccc(OCc3ccnc(N4CCN(CC5CCN(C(=O)OC(C)(C)C)C5)CC4)n3)cc2)c1. The third-order valence-corrected chi connectivity index (χ3v) is 8.72. The number of carbonyl (C=O) groups excluding carboxylic acids is 1. The van der Waals surface area contributed by atoms with E-state index in [-0.39, 0.29) is 11.5 Å². The summed E-state index contributed by atoms with van der Waals surface area (Å²) in [5.74, 6) is 1.95. The molecule has 9 nitrogen and oxygen atoms in total. The normalized spacial score (nSPS) is 17.7. The molecule has 0 bridgehead atoms. The molecule has 2 aromatic carbocycles. The van der Waals surface area contributed by atoms with Crippen LogP contribution >= 0.6 is 11.6 Å². The summed E-state index contributed by atoms with van der Waals surface area (Å²) in [7, 11) is 0. The van der Waals surface area contributed by atoms with Crippen LogP contribution in [0.5, 0.6) is 5.75 Å². The Morgan fingerprint density at radius 3 is 2.42 bits per heavy atom. The van der Waals surface area contributed by atoms with Gasteiger partial charge in [0.1, 0.15) is 18.0 Å². The maximum atomic E-state index is 12.4. The van der Waals surface area contributed by atoms with Crippen LogP contribution in [0.4, 0.5) is 16.4 Å². The molecule has 0 saturated carbocycles. The van der Waals surface area contributed by atoms with Gasteiger partial charge in [0.25, 0.3) is 0 Å². The highest BCUT2D eigenvalue weighted by Gasteiger charge is 2.31. The number of nitrogens with zero attached hydrogens (tertiary/aromatic N) is 6. The van der Waals surface area contributed by atoms with Gasteiger partial charge in [-0.05, 0) is 74.6 Å². The molecular weight excluding hydrogens is 588 g/mol. The lowest BCUT2D eigenvalue weighted by Gasteiger charge is -2.36. The van der Waals surface area contributed by atoms with Crippen molar-refractivity contribution in [2.24, 2.45) is 5.92 Å². The fourth-order valence-electron chi connectivity index (χ4n) is 5.88. The topological polar surface area (TPSA) is 75.4 Å². The molecule has 3 aromatic rings. The van der Waals surface area contributed by atoms with E-state index in [2.05, 4.69) is 45.6 Å². The summed E-state index contributed by atoms with van der Waals surface area (Å²) in [4.78, 5) is 31.9. The van der Waals surface area contributed by atoms with Crippen LogP contribution in [0.2, 0.25) is 5.02 Å². The van der Waals surface area contributed by atoms with E-state index in [0.29, 0.717) is 23.2 Å². The molecule has 2 fully saturated rings. The number of hydrogen-bond donors (Lipinski definition) is 0. The average Bonchev–Trinajstić information content (AvgIpc) is 3.48. The Morgan fingerprint density at radius 2 is 1.73 bits per heavy atom. The van der Waals surface area contributed by atoms with Gasteiger partial charge in [-0.3, -0.25) is 4.90 Å². The molecular formula is C35H43ClN6O3. The van der Waals surface area contributed by atoms with Crippen molar-refractivity contribution in [3.05, 3.63) is 88.0 Å². The lowest BCUT2D eigenvalue weighted by Crippen LogP contribution is -2.48. The second-order valence-electron chi connectivity index (χ2n) is 13.5. The first kappa shape index (κ1) is 32.5. The molecule has 10 heteroatoms. The van der Waals surface area contributed by atoms with Crippen LogP contribution in [-0.4, -0.2) is 77.3 Å². The molecule has 0 N–H and O–H groups in total. The minimum Gasteiger partial charge on any atom is -0.487 e. The van der Waals surface area contributed by atoms with Gasteiger partial charge in [-0.1, -0.05) is 43.6 Å². The summed E-state index contributed by atoms with van der Waals surface area (Å²) in [5, 5.41) is 0.565. The first-order chi connectivity index (χ1) is 21.4. The first-order valence-corrected chi connectivity index (χ1v) is 16.0. The van der Waals surface area contributed by atoms with Gasteiger partial charge in [0.15, 0.2) is 5.69 Å². The van der Waals surface area contributed by atoms with Crippen LogP contribution in [0.15, 0.2) is 54.7 Å². The lowest BCUT2D eigenvalue weighted by atomic mass is 9.78. The van der Waals surface area contributed by atoms with E-state index < -0.39 is 5.60 Å². The third-order valence-electron chi connectivity index (χ3n) is 8.51. The molecule has 2 aliphatic rings. The zero-order valence-corrected chi connectivity index (χ0v) is 27.7. The molecule has 1 amide bonds. The fourth-order valence-corrected chi connectivity index (χ4v) is 6.11. The summed E-state index contributed by atoms with van der Waals surface area (Å²) in [6, 6.07) is 15.4. The quantitative estimate of drug-likeness (QED) is 0.249. The molecule has 1 atom stereocenters. The largest absolute Gasteiger partial charge is 0.487 e. The van der Waals surface area contributed by atoms with Gasteiger partial charge < -0.3 is 19.3 Å². The van der Waals surface area contributed by atoms with E-state index in [0.717, 1.165) is 80.8 Å². The smallest absolute Gasteiger partial charge is 0.410 e. The Kier molecular flexibility index (Phi) is 9.85. The van der Waals surface area contributed by atoms with E-state index >= 15 is 0 Å². The number of rotatable bonds is 8. The van der Waals surface area contributed by atoms with Gasteiger partial charge >= 0.3 is 6.09 Å². The molecule has 3 heterocycles. The predicted octanol–water partition coefficient (Wildman–Crippen LogP) is 6.96. The summed E-state index contributed by atoms with van der Waals surface area (Å²) in [5.41, 5.74) is 2.66. The van der Waals surface area contributed by atoms with Crippen LogP contribution in [0, 0.1) is 12.5 Å². The molecule has 45 heavy (non-hydrogen) atoms. The maximum absolute atomic E-state index is 12.4. The molecule has 2 saturated heterocycles. The molecule has 0 radical (unpaired) electrons. The average molecular weight is 631 g/mol. The van der Waals surface area contributed by atoms with Crippen molar-refractivity contribution in [1.82, 2.24) is 19.8 Å². The molecule has 0 aliphatic carbocycles. The molecule has 1 aromatic heterocycles. The minimum atomic E-state index is -0.467. The number of ether oxygens (including phenoxy) is 2. The number of likely N-dealkylation sites (tertiary alicyclic amines) is 1. The maximum Gasteiger partial charge on any atom is 0.410 e. The Bertz CT molecular complexity index is 1520. The highest BCUT2D eigenvalue weighted by molar-refractivity contribution is 6.31. The van der Waals surface area contributed by atoms with E-state index in [9.17, 15) is 4.79 Å². The van der Waals surface area contributed by atoms with Crippen LogP contribution in [0.1, 0.15) is 57.9 Å². The van der Waals surface area contributed by atoms with Gasteiger partial charge in [-0.2, -0.15) is 0 Å². The first-order valence-electron chi connectivity index (χ1n) is 15.6. The summed E-state index contributed by atoms with van der Waals surface area (Å²) in [6.45, 7) is 23.8. The molecule has 0 spiro atoms. The highest BCUT2D eigenvalue weighted by Crippen LogP contribution is 2.36. The number of amides is 1. The van der Waals surface area contributed by atoms with E-state index in [1.165, 1.54) is 0 Å². The van der Waals surface area contributed by atoms with Gasteiger partial charge in [0.05, 0.1) is 12.3 Å². The Balaban J connectivity index is 1.10. The van der Waals surface area contributed by atoms with Crippen LogP contribution < -0.4 is 9.64 Å². The molecule has 238 valence electrons. The van der Waals surface area contributed by atoms with E-state index in [4.69, 9.17) is 32.6 Å². The Hall–Kier alpha value is -3.87. The van der Waals surface area contributed by atoms with Gasteiger partial charge in [-0.15, -0.1) is 0 Å². The van der Waals surface area contributed by atoms with Crippen molar-refractivity contribution in [2.45, 2.75) is 58.7 Å². The number of benzene rings is 2.